The lowest BCUT2D eigenvalue weighted by Crippen LogP contribution is -2.54. The molecule has 2 heterocycles. The van der Waals surface area contributed by atoms with Crippen molar-refractivity contribution >= 4 is 34.5 Å². The van der Waals surface area contributed by atoms with Gasteiger partial charge in [-0.2, -0.15) is 0 Å². The van der Waals surface area contributed by atoms with Gasteiger partial charge in [0.2, 0.25) is 0 Å². The number of halogens is 2. The molecule has 0 radical (unpaired) electrons. The van der Waals surface area contributed by atoms with E-state index in [0.29, 0.717) is 18.1 Å². The van der Waals surface area contributed by atoms with Crippen molar-refractivity contribution in [3.63, 3.8) is 0 Å². The summed E-state index contributed by atoms with van der Waals surface area (Å²) in [6.45, 7) is 8.75. The van der Waals surface area contributed by atoms with Gasteiger partial charge in [-0.1, -0.05) is 23.2 Å². The molecular weight excluding hydrogens is 275 g/mol. The number of rotatable bonds is 2. The Morgan fingerprint density at radius 2 is 2.18 bits per heavy atom. The molecule has 2 rings (SSSR count). The van der Waals surface area contributed by atoms with E-state index in [1.54, 1.807) is 0 Å². The first kappa shape index (κ1) is 13.6. The SMILES string of the molecule is CC1CN(C(C)c2cc(Cl)sc2Cl)C(C)CN1. The molecule has 0 aromatic carbocycles. The van der Waals surface area contributed by atoms with Crippen LogP contribution in [0, 0.1) is 0 Å². The van der Waals surface area contributed by atoms with E-state index in [-0.39, 0.29) is 0 Å². The Balaban J connectivity index is 2.18. The molecule has 0 amide bonds. The molecular formula is C12H18Cl2N2S. The van der Waals surface area contributed by atoms with Gasteiger partial charge in [0.1, 0.15) is 0 Å². The van der Waals surface area contributed by atoms with Crippen molar-refractivity contribution in [1.29, 1.82) is 0 Å². The van der Waals surface area contributed by atoms with Crippen LogP contribution in [0.15, 0.2) is 6.07 Å². The Morgan fingerprint density at radius 1 is 1.47 bits per heavy atom. The maximum absolute atomic E-state index is 6.24. The van der Waals surface area contributed by atoms with Crippen LogP contribution in [0.25, 0.3) is 0 Å². The van der Waals surface area contributed by atoms with Gasteiger partial charge in [-0.15, -0.1) is 11.3 Å². The average Bonchev–Trinajstić information content (AvgIpc) is 2.60. The molecule has 1 aromatic heterocycles. The van der Waals surface area contributed by atoms with Gasteiger partial charge in [0.15, 0.2) is 0 Å². The van der Waals surface area contributed by atoms with E-state index >= 15 is 0 Å². The van der Waals surface area contributed by atoms with Gasteiger partial charge in [-0.05, 0) is 26.8 Å². The van der Waals surface area contributed by atoms with E-state index in [2.05, 4.69) is 31.0 Å². The third-order valence-corrected chi connectivity index (χ3v) is 4.96. The summed E-state index contributed by atoms with van der Waals surface area (Å²) in [7, 11) is 0. The van der Waals surface area contributed by atoms with Crippen molar-refractivity contribution in [2.75, 3.05) is 13.1 Å². The van der Waals surface area contributed by atoms with E-state index in [1.807, 2.05) is 6.07 Å². The summed E-state index contributed by atoms with van der Waals surface area (Å²) in [5, 5.41) is 3.49. The topological polar surface area (TPSA) is 15.3 Å². The van der Waals surface area contributed by atoms with Crippen molar-refractivity contribution in [1.82, 2.24) is 10.2 Å². The molecule has 0 spiro atoms. The summed E-state index contributed by atoms with van der Waals surface area (Å²) in [6, 6.07) is 3.38. The number of piperazine rings is 1. The van der Waals surface area contributed by atoms with Gasteiger partial charge >= 0.3 is 0 Å². The van der Waals surface area contributed by atoms with Crippen LogP contribution in [0.4, 0.5) is 0 Å². The van der Waals surface area contributed by atoms with Crippen molar-refractivity contribution in [3.8, 4) is 0 Å². The summed E-state index contributed by atoms with van der Waals surface area (Å²) in [4.78, 5) is 2.49. The van der Waals surface area contributed by atoms with Gasteiger partial charge < -0.3 is 5.32 Å². The normalized spacial score (nSPS) is 28.3. The Kier molecular flexibility index (Phi) is 4.37. The molecule has 1 aliphatic heterocycles. The van der Waals surface area contributed by atoms with Crippen LogP contribution in [0.3, 0.4) is 0 Å². The van der Waals surface area contributed by atoms with E-state index in [1.165, 1.54) is 11.3 Å². The van der Waals surface area contributed by atoms with Gasteiger partial charge in [-0.25, -0.2) is 0 Å². The van der Waals surface area contributed by atoms with Crippen molar-refractivity contribution in [2.45, 2.75) is 38.9 Å². The zero-order chi connectivity index (χ0) is 12.6. The van der Waals surface area contributed by atoms with Crippen molar-refractivity contribution in [2.24, 2.45) is 0 Å². The second-order valence-corrected chi connectivity index (χ2v) is 7.10. The monoisotopic (exact) mass is 292 g/mol. The number of nitrogens with zero attached hydrogens (tertiary/aromatic N) is 1. The maximum atomic E-state index is 6.24. The molecule has 1 aromatic rings. The fourth-order valence-corrected chi connectivity index (χ4v) is 4.04. The Labute approximate surface area is 117 Å². The third kappa shape index (κ3) is 2.96. The van der Waals surface area contributed by atoms with Crippen LogP contribution in [-0.2, 0) is 0 Å². The van der Waals surface area contributed by atoms with Crippen LogP contribution < -0.4 is 5.32 Å². The van der Waals surface area contributed by atoms with E-state index in [9.17, 15) is 0 Å². The lowest BCUT2D eigenvalue weighted by Gasteiger charge is -2.41. The molecule has 0 saturated carbocycles. The van der Waals surface area contributed by atoms with E-state index in [0.717, 1.165) is 27.3 Å². The minimum absolute atomic E-state index is 0.325. The molecule has 96 valence electrons. The molecule has 17 heavy (non-hydrogen) atoms. The number of hydrogen-bond acceptors (Lipinski definition) is 3. The zero-order valence-electron chi connectivity index (χ0n) is 10.3. The highest BCUT2D eigenvalue weighted by atomic mass is 35.5. The number of thiophene rings is 1. The molecule has 2 nitrogen and oxygen atoms in total. The lowest BCUT2D eigenvalue weighted by molar-refractivity contribution is 0.104. The van der Waals surface area contributed by atoms with Crippen LogP contribution in [0.2, 0.25) is 8.67 Å². The molecule has 1 fully saturated rings. The number of hydrogen-bond donors (Lipinski definition) is 1. The second kappa shape index (κ2) is 5.45. The minimum Gasteiger partial charge on any atom is -0.311 e. The largest absolute Gasteiger partial charge is 0.311 e. The first-order chi connectivity index (χ1) is 7.99. The molecule has 1 aliphatic rings. The molecule has 3 atom stereocenters. The third-order valence-electron chi connectivity index (χ3n) is 3.44. The lowest BCUT2D eigenvalue weighted by atomic mass is 10.0. The van der Waals surface area contributed by atoms with Crippen LogP contribution in [0.1, 0.15) is 32.4 Å². The minimum atomic E-state index is 0.325. The summed E-state index contributed by atoms with van der Waals surface area (Å²) in [6.07, 6.45) is 0. The van der Waals surface area contributed by atoms with Gasteiger partial charge in [-0.3, -0.25) is 4.90 Å². The van der Waals surface area contributed by atoms with Crippen LogP contribution in [-0.4, -0.2) is 30.1 Å². The van der Waals surface area contributed by atoms with Crippen molar-refractivity contribution < 1.29 is 0 Å². The Morgan fingerprint density at radius 3 is 2.76 bits per heavy atom. The van der Waals surface area contributed by atoms with Gasteiger partial charge in [0, 0.05) is 36.8 Å². The first-order valence-electron chi connectivity index (χ1n) is 5.93. The van der Waals surface area contributed by atoms with Crippen LogP contribution in [0.5, 0.6) is 0 Å². The van der Waals surface area contributed by atoms with E-state index < -0.39 is 0 Å². The standard InChI is InChI=1S/C12H18Cl2N2S/c1-7-6-16(8(2)5-15-7)9(3)10-4-11(13)17-12(10)14/h4,7-9,15H,5-6H2,1-3H3. The fourth-order valence-electron chi connectivity index (χ4n) is 2.41. The summed E-state index contributed by atoms with van der Waals surface area (Å²) in [5.41, 5.74) is 1.16. The molecule has 1 N–H and O–H groups in total. The maximum Gasteiger partial charge on any atom is 0.0991 e. The summed E-state index contributed by atoms with van der Waals surface area (Å²) in [5.74, 6) is 0. The Hall–Kier alpha value is 0.200. The van der Waals surface area contributed by atoms with Crippen molar-refractivity contribution in [3.05, 3.63) is 20.3 Å². The Bertz CT molecular complexity index is 394. The van der Waals surface area contributed by atoms with Gasteiger partial charge in [0.05, 0.1) is 8.67 Å². The first-order valence-corrected chi connectivity index (χ1v) is 7.50. The fraction of sp³-hybridized carbons (Fsp3) is 0.667. The zero-order valence-corrected chi connectivity index (χ0v) is 12.7. The van der Waals surface area contributed by atoms with Crippen LogP contribution >= 0.6 is 34.5 Å². The molecule has 3 unspecified atom stereocenters. The highest BCUT2D eigenvalue weighted by molar-refractivity contribution is 7.20. The molecule has 1 saturated heterocycles. The average molecular weight is 293 g/mol. The molecule has 0 bridgehead atoms. The predicted molar refractivity (Wildman–Crippen MR) is 76.4 cm³/mol. The molecule has 0 aliphatic carbocycles. The summed E-state index contributed by atoms with van der Waals surface area (Å²) < 4.78 is 1.59. The second-order valence-electron chi connectivity index (χ2n) is 4.81. The number of nitrogens with one attached hydrogen (secondary N) is 1. The summed E-state index contributed by atoms with van der Waals surface area (Å²) >= 11 is 13.7. The smallest absolute Gasteiger partial charge is 0.0991 e. The quantitative estimate of drug-likeness (QED) is 0.892. The highest BCUT2D eigenvalue weighted by Crippen LogP contribution is 2.37. The van der Waals surface area contributed by atoms with Gasteiger partial charge in [0.25, 0.3) is 0 Å². The van der Waals surface area contributed by atoms with E-state index in [4.69, 9.17) is 23.2 Å². The highest BCUT2D eigenvalue weighted by Gasteiger charge is 2.28. The predicted octanol–water partition coefficient (Wildman–Crippen LogP) is 3.80. The molecule has 5 heteroatoms.